The minimum absolute atomic E-state index is 0.00632. The first kappa shape index (κ1) is 15.1. The van der Waals surface area contributed by atoms with Crippen LogP contribution in [-0.2, 0) is 12.7 Å². The highest BCUT2D eigenvalue weighted by atomic mass is 79.9. The van der Waals surface area contributed by atoms with Gasteiger partial charge >= 0.3 is 6.18 Å². The third-order valence-electron chi connectivity index (χ3n) is 2.63. The number of rotatable bonds is 4. The summed E-state index contributed by atoms with van der Waals surface area (Å²) in [4.78, 5) is 4.16. The van der Waals surface area contributed by atoms with Crippen molar-refractivity contribution < 1.29 is 17.6 Å². The summed E-state index contributed by atoms with van der Waals surface area (Å²) in [5, 5.41) is 3.06. The predicted molar refractivity (Wildman–Crippen MR) is 72.0 cm³/mol. The van der Waals surface area contributed by atoms with Crippen LogP contribution in [0.25, 0.3) is 11.5 Å². The zero-order valence-electron chi connectivity index (χ0n) is 10.6. The van der Waals surface area contributed by atoms with Crippen molar-refractivity contribution in [2.24, 2.45) is 0 Å². The standard InChI is InChI=1S/C13H12BrF3N2O/c1-2-18-6-9-7-20-12(19-9)8-3-4-11(14)10(5-8)13(15,16)17/h3-5,7,18H,2,6H2,1H3. The van der Waals surface area contributed by atoms with E-state index in [0.717, 1.165) is 12.6 Å². The normalized spacial score (nSPS) is 11.8. The maximum Gasteiger partial charge on any atom is 0.417 e. The molecular formula is C13H12BrF3N2O. The van der Waals surface area contributed by atoms with Gasteiger partial charge in [0.2, 0.25) is 5.89 Å². The predicted octanol–water partition coefficient (Wildman–Crippen LogP) is 4.23. The van der Waals surface area contributed by atoms with Crippen molar-refractivity contribution in [3.05, 3.63) is 40.2 Å². The molecule has 0 aliphatic rings. The summed E-state index contributed by atoms with van der Waals surface area (Å²) in [6, 6.07) is 3.89. The average Bonchev–Trinajstić information content (AvgIpc) is 2.84. The van der Waals surface area contributed by atoms with Crippen LogP contribution >= 0.6 is 15.9 Å². The molecule has 1 N–H and O–H groups in total. The van der Waals surface area contributed by atoms with Crippen LogP contribution < -0.4 is 5.32 Å². The second-order valence-electron chi connectivity index (χ2n) is 4.12. The van der Waals surface area contributed by atoms with Gasteiger partial charge in [-0.3, -0.25) is 0 Å². The van der Waals surface area contributed by atoms with E-state index in [0.29, 0.717) is 17.8 Å². The van der Waals surface area contributed by atoms with Gasteiger partial charge in [-0.05, 0) is 24.7 Å². The van der Waals surface area contributed by atoms with Crippen LogP contribution in [0.4, 0.5) is 13.2 Å². The molecule has 0 saturated heterocycles. The number of aromatic nitrogens is 1. The zero-order valence-corrected chi connectivity index (χ0v) is 12.2. The molecule has 0 aliphatic heterocycles. The Bertz CT molecular complexity index is 596. The Kier molecular flexibility index (Phi) is 4.49. The quantitative estimate of drug-likeness (QED) is 0.898. The summed E-state index contributed by atoms with van der Waals surface area (Å²) in [5.41, 5.74) is 0.197. The lowest BCUT2D eigenvalue weighted by Gasteiger charge is -2.09. The number of nitrogens with zero attached hydrogens (tertiary/aromatic N) is 1. The van der Waals surface area contributed by atoms with E-state index in [1.54, 1.807) is 0 Å². The molecule has 2 aromatic rings. The van der Waals surface area contributed by atoms with Crippen molar-refractivity contribution in [3.63, 3.8) is 0 Å². The third-order valence-corrected chi connectivity index (χ3v) is 3.32. The molecule has 0 bridgehead atoms. The van der Waals surface area contributed by atoms with Crippen LogP contribution in [0.3, 0.4) is 0 Å². The molecule has 1 aromatic heterocycles. The molecule has 7 heteroatoms. The number of benzene rings is 1. The number of alkyl halides is 3. The number of hydrogen-bond acceptors (Lipinski definition) is 3. The lowest BCUT2D eigenvalue weighted by atomic mass is 10.1. The molecule has 0 fully saturated rings. The van der Waals surface area contributed by atoms with Crippen molar-refractivity contribution in [2.75, 3.05) is 6.54 Å². The Morgan fingerprint density at radius 2 is 2.10 bits per heavy atom. The Labute approximate surface area is 122 Å². The van der Waals surface area contributed by atoms with Gasteiger partial charge in [-0.2, -0.15) is 13.2 Å². The SMILES string of the molecule is CCNCc1coc(-c2ccc(Br)c(C(F)(F)F)c2)n1. The van der Waals surface area contributed by atoms with E-state index in [1.807, 2.05) is 6.92 Å². The van der Waals surface area contributed by atoms with Crippen molar-refractivity contribution in [1.29, 1.82) is 0 Å². The molecule has 0 unspecified atom stereocenters. The molecule has 3 nitrogen and oxygen atoms in total. The lowest BCUT2D eigenvalue weighted by molar-refractivity contribution is -0.138. The maximum atomic E-state index is 12.8. The summed E-state index contributed by atoms with van der Waals surface area (Å²) < 4.78 is 43.7. The fourth-order valence-corrected chi connectivity index (χ4v) is 2.12. The second-order valence-corrected chi connectivity index (χ2v) is 4.97. The van der Waals surface area contributed by atoms with Crippen LogP contribution in [0.2, 0.25) is 0 Å². The van der Waals surface area contributed by atoms with Gasteiger partial charge < -0.3 is 9.73 Å². The van der Waals surface area contributed by atoms with Gasteiger partial charge in [0.05, 0.1) is 11.3 Å². The molecule has 0 radical (unpaired) electrons. The Morgan fingerprint density at radius 3 is 2.75 bits per heavy atom. The molecular weight excluding hydrogens is 337 g/mol. The molecule has 0 atom stereocenters. The van der Waals surface area contributed by atoms with Crippen LogP contribution in [0, 0.1) is 0 Å². The molecule has 108 valence electrons. The molecule has 20 heavy (non-hydrogen) atoms. The zero-order chi connectivity index (χ0) is 14.8. The van der Waals surface area contributed by atoms with Crippen LogP contribution in [0.1, 0.15) is 18.2 Å². The minimum atomic E-state index is -4.42. The second kappa shape index (κ2) is 5.97. The van der Waals surface area contributed by atoms with Gasteiger partial charge in [0, 0.05) is 16.6 Å². The Balaban J connectivity index is 2.31. The first-order chi connectivity index (χ1) is 9.41. The number of nitrogens with one attached hydrogen (secondary N) is 1. The van der Waals surface area contributed by atoms with Gasteiger partial charge in [0.15, 0.2) is 0 Å². The van der Waals surface area contributed by atoms with E-state index in [9.17, 15) is 13.2 Å². The van der Waals surface area contributed by atoms with E-state index in [1.165, 1.54) is 18.4 Å². The summed E-state index contributed by atoms with van der Waals surface area (Å²) in [7, 11) is 0. The fraction of sp³-hybridized carbons (Fsp3) is 0.308. The monoisotopic (exact) mass is 348 g/mol. The molecule has 0 aliphatic carbocycles. The fourth-order valence-electron chi connectivity index (χ4n) is 1.65. The first-order valence-electron chi connectivity index (χ1n) is 5.94. The van der Waals surface area contributed by atoms with E-state index in [2.05, 4.69) is 26.2 Å². The molecule has 1 aromatic carbocycles. The molecule has 0 saturated carbocycles. The highest BCUT2D eigenvalue weighted by Crippen LogP contribution is 2.37. The number of halogens is 4. The number of hydrogen-bond donors (Lipinski definition) is 1. The van der Waals surface area contributed by atoms with Crippen LogP contribution in [0.15, 0.2) is 33.4 Å². The van der Waals surface area contributed by atoms with Gasteiger partial charge in [-0.25, -0.2) is 4.98 Å². The van der Waals surface area contributed by atoms with E-state index in [4.69, 9.17) is 4.42 Å². The van der Waals surface area contributed by atoms with E-state index >= 15 is 0 Å². The highest BCUT2D eigenvalue weighted by Gasteiger charge is 2.33. The Morgan fingerprint density at radius 1 is 1.35 bits per heavy atom. The molecule has 0 amide bonds. The van der Waals surface area contributed by atoms with E-state index < -0.39 is 11.7 Å². The molecule has 2 rings (SSSR count). The van der Waals surface area contributed by atoms with Gasteiger partial charge in [-0.1, -0.05) is 22.9 Å². The lowest BCUT2D eigenvalue weighted by Crippen LogP contribution is -2.11. The van der Waals surface area contributed by atoms with Crippen molar-refractivity contribution in [2.45, 2.75) is 19.6 Å². The third kappa shape index (κ3) is 3.40. The maximum absolute atomic E-state index is 12.8. The van der Waals surface area contributed by atoms with Crippen LogP contribution in [0.5, 0.6) is 0 Å². The summed E-state index contributed by atoms with van der Waals surface area (Å²) >= 11 is 2.90. The van der Waals surface area contributed by atoms with Gasteiger partial charge in [0.1, 0.15) is 6.26 Å². The van der Waals surface area contributed by atoms with Gasteiger partial charge in [0.25, 0.3) is 0 Å². The molecule has 0 spiro atoms. The minimum Gasteiger partial charge on any atom is -0.444 e. The summed E-state index contributed by atoms with van der Waals surface area (Å²) in [5.74, 6) is 0.177. The summed E-state index contributed by atoms with van der Waals surface area (Å²) in [6.07, 6.45) is -2.98. The van der Waals surface area contributed by atoms with E-state index in [-0.39, 0.29) is 10.4 Å². The molecule has 1 heterocycles. The van der Waals surface area contributed by atoms with Crippen molar-refractivity contribution in [1.82, 2.24) is 10.3 Å². The smallest absolute Gasteiger partial charge is 0.417 e. The van der Waals surface area contributed by atoms with Gasteiger partial charge in [-0.15, -0.1) is 0 Å². The van der Waals surface area contributed by atoms with Crippen molar-refractivity contribution in [3.8, 4) is 11.5 Å². The largest absolute Gasteiger partial charge is 0.444 e. The average molecular weight is 349 g/mol. The Hall–Kier alpha value is -1.34. The van der Waals surface area contributed by atoms with Crippen LogP contribution in [-0.4, -0.2) is 11.5 Å². The number of oxazole rings is 1. The van der Waals surface area contributed by atoms with Crippen molar-refractivity contribution >= 4 is 15.9 Å². The summed E-state index contributed by atoms with van der Waals surface area (Å²) in [6.45, 7) is 3.24. The first-order valence-corrected chi connectivity index (χ1v) is 6.73. The highest BCUT2D eigenvalue weighted by molar-refractivity contribution is 9.10. The topological polar surface area (TPSA) is 38.1 Å².